The molecule has 21 heavy (non-hydrogen) atoms. The molecule has 0 aromatic heterocycles. The lowest BCUT2D eigenvalue weighted by atomic mass is 10.1. The van der Waals surface area contributed by atoms with Gasteiger partial charge in [-0.05, 0) is 54.8 Å². The molecule has 0 bridgehead atoms. The lowest BCUT2D eigenvalue weighted by Crippen LogP contribution is -2.01. The zero-order valence-corrected chi connectivity index (χ0v) is 13.9. The van der Waals surface area contributed by atoms with E-state index in [4.69, 9.17) is 27.0 Å². The van der Waals surface area contributed by atoms with Gasteiger partial charge in [0, 0.05) is 15.7 Å². The van der Waals surface area contributed by atoms with Crippen molar-refractivity contribution in [1.29, 1.82) is 0 Å². The maximum absolute atomic E-state index is 11.4. The first-order chi connectivity index (χ1) is 9.77. The van der Waals surface area contributed by atoms with Gasteiger partial charge in [-0.25, -0.2) is 8.42 Å². The Kier molecular flexibility index (Phi) is 4.81. The van der Waals surface area contributed by atoms with Gasteiger partial charge in [-0.15, -0.1) is 0 Å². The summed E-state index contributed by atoms with van der Waals surface area (Å²) in [4.78, 5) is 0.0780. The van der Waals surface area contributed by atoms with Crippen LogP contribution in [0.4, 0.5) is 0 Å². The van der Waals surface area contributed by atoms with Crippen molar-refractivity contribution in [1.82, 2.24) is 0 Å². The summed E-state index contributed by atoms with van der Waals surface area (Å²) < 4.78 is 28.5. The first kappa shape index (κ1) is 16.1. The lowest BCUT2D eigenvalue weighted by molar-refractivity contribution is 0.301. The van der Waals surface area contributed by atoms with Gasteiger partial charge in [0.1, 0.15) is 12.4 Å². The van der Waals surface area contributed by atoms with Gasteiger partial charge in [0.05, 0.1) is 4.90 Å². The van der Waals surface area contributed by atoms with E-state index in [0.29, 0.717) is 17.4 Å². The van der Waals surface area contributed by atoms with E-state index in [9.17, 15) is 8.42 Å². The van der Waals surface area contributed by atoms with Crippen LogP contribution in [0.5, 0.6) is 5.75 Å². The van der Waals surface area contributed by atoms with Crippen LogP contribution in [0.1, 0.15) is 16.7 Å². The first-order valence-electron chi connectivity index (χ1n) is 6.20. The molecule has 0 saturated heterocycles. The Morgan fingerprint density at radius 2 is 1.71 bits per heavy atom. The topological polar surface area (TPSA) is 43.4 Å². The van der Waals surface area contributed by atoms with E-state index in [-0.39, 0.29) is 4.90 Å². The number of hydrogen-bond donors (Lipinski definition) is 0. The molecule has 0 unspecified atom stereocenters. The van der Waals surface area contributed by atoms with Crippen LogP contribution in [0, 0.1) is 13.8 Å². The van der Waals surface area contributed by atoms with E-state index in [0.717, 1.165) is 16.7 Å². The number of halogens is 2. The third kappa shape index (κ3) is 4.13. The minimum absolute atomic E-state index is 0.0780. The predicted octanol–water partition coefficient (Wildman–Crippen LogP) is 4.46. The molecule has 6 heteroatoms. The second-order valence-corrected chi connectivity index (χ2v) is 7.75. The van der Waals surface area contributed by atoms with E-state index in [1.165, 1.54) is 12.1 Å². The summed E-state index contributed by atoms with van der Waals surface area (Å²) in [5.74, 6) is 0.652. The van der Waals surface area contributed by atoms with Gasteiger partial charge >= 0.3 is 0 Å². The Labute approximate surface area is 133 Å². The van der Waals surface area contributed by atoms with Crippen LogP contribution >= 0.6 is 22.3 Å². The largest absolute Gasteiger partial charge is 0.488 e. The van der Waals surface area contributed by atoms with Gasteiger partial charge in [0.2, 0.25) is 0 Å². The molecular formula is C15H14Cl2O3S. The Bertz CT molecular complexity index is 747. The zero-order valence-electron chi connectivity index (χ0n) is 11.6. The molecule has 0 aliphatic carbocycles. The summed E-state index contributed by atoms with van der Waals surface area (Å²) in [7, 11) is 1.62. The molecule has 0 aliphatic heterocycles. The molecule has 0 amide bonds. The highest BCUT2D eigenvalue weighted by atomic mass is 35.7. The molecule has 2 aromatic carbocycles. The van der Waals surface area contributed by atoms with Crippen LogP contribution in [0.3, 0.4) is 0 Å². The van der Waals surface area contributed by atoms with Crippen LogP contribution in [0.15, 0.2) is 41.3 Å². The number of rotatable bonds is 4. The van der Waals surface area contributed by atoms with Gasteiger partial charge in [-0.1, -0.05) is 23.7 Å². The van der Waals surface area contributed by atoms with E-state index in [1.54, 1.807) is 19.9 Å². The number of benzene rings is 2. The highest BCUT2D eigenvalue weighted by Gasteiger charge is 2.14. The van der Waals surface area contributed by atoms with Gasteiger partial charge in [-0.2, -0.15) is 0 Å². The Hall–Kier alpha value is -1.23. The van der Waals surface area contributed by atoms with Crippen molar-refractivity contribution < 1.29 is 13.2 Å². The highest BCUT2D eigenvalue weighted by molar-refractivity contribution is 8.13. The lowest BCUT2D eigenvalue weighted by Gasteiger charge is -2.13. The fourth-order valence-electron chi connectivity index (χ4n) is 2.06. The monoisotopic (exact) mass is 344 g/mol. The van der Waals surface area contributed by atoms with Gasteiger partial charge in [-0.3, -0.25) is 0 Å². The van der Waals surface area contributed by atoms with Crippen LogP contribution in [0.2, 0.25) is 5.02 Å². The van der Waals surface area contributed by atoms with Crippen LogP contribution in [0.25, 0.3) is 0 Å². The van der Waals surface area contributed by atoms with Gasteiger partial charge in [0.25, 0.3) is 9.05 Å². The van der Waals surface area contributed by atoms with Gasteiger partial charge < -0.3 is 4.74 Å². The van der Waals surface area contributed by atoms with E-state index in [2.05, 4.69) is 0 Å². The molecule has 3 nitrogen and oxygen atoms in total. The molecule has 0 N–H and O–H groups in total. The molecule has 0 radical (unpaired) electrons. The summed E-state index contributed by atoms with van der Waals surface area (Å²) in [5, 5.41) is 0.646. The smallest absolute Gasteiger partial charge is 0.261 e. The average Bonchev–Trinajstić information content (AvgIpc) is 2.36. The second kappa shape index (κ2) is 6.26. The van der Waals surface area contributed by atoms with E-state index in [1.807, 2.05) is 18.2 Å². The summed E-state index contributed by atoms with van der Waals surface area (Å²) in [6.07, 6.45) is 0. The molecule has 2 aromatic rings. The van der Waals surface area contributed by atoms with Crippen LogP contribution < -0.4 is 4.74 Å². The molecule has 2 rings (SSSR count). The quantitative estimate of drug-likeness (QED) is 0.768. The molecule has 0 atom stereocenters. The van der Waals surface area contributed by atoms with Crippen molar-refractivity contribution in [3.05, 3.63) is 58.1 Å². The molecule has 0 saturated carbocycles. The van der Waals surface area contributed by atoms with Crippen molar-refractivity contribution in [2.45, 2.75) is 25.3 Å². The first-order valence-corrected chi connectivity index (χ1v) is 8.89. The molecule has 0 heterocycles. The minimum Gasteiger partial charge on any atom is -0.488 e. The Morgan fingerprint density at radius 1 is 1.10 bits per heavy atom. The Morgan fingerprint density at radius 3 is 2.24 bits per heavy atom. The molecular weight excluding hydrogens is 331 g/mol. The fourth-order valence-corrected chi connectivity index (χ4v) is 3.18. The third-order valence-corrected chi connectivity index (χ3v) is 4.56. The molecule has 0 fully saturated rings. The summed E-state index contributed by atoms with van der Waals surface area (Å²) >= 11 is 5.92. The van der Waals surface area contributed by atoms with Crippen molar-refractivity contribution >= 4 is 31.3 Å². The summed E-state index contributed by atoms with van der Waals surface area (Å²) in [6, 6.07) is 10.4. The minimum atomic E-state index is -3.74. The van der Waals surface area contributed by atoms with Crippen LogP contribution in [-0.4, -0.2) is 8.42 Å². The summed E-state index contributed by atoms with van der Waals surface area (Å²) in [5.41, 5.74) is 2.38. The van der Waals surface area contributed by atoms with Crippen molar-refractivity contribution in [2.24, 2.45) is 0 Å². The normalized spacial score (nSPS) is 11.4. The highest BCUT2D eigenvalue weighted by Crippen LogP contribution is 2.29. The zero-order chi connectivity index (χ0) is 15.6. The van der Waals surface area contributed by atoms with Gasteiger partial charge in [0.15, 0.2) is 0 Å². The fraction of sp³-hybridized carbons (Fsp3) is 0.200. The van der Waals surface area contributed by atoms with Crippen molar-refractivity contribution in [3.63, 3.8) is 0 Å². The third-order valence-electron chi connectivity index (χ3n) is 2.99. The SMILES string of the molecule is Cc1cc(S(=O)(=O)Cl)cc(C)c1OCc1cccc(Cl)c1. The predicted molar refractivity (Wildman–Crippen MR) is 84.7 cm³/mol. The maximum Gasteiger partial charge on any atom is 0.261 e. The van der Waals surface area contributed by atoms with Crippen LogP contribution in [-0.2, 0) is 15.7 Å². The van der Waals surface area contributed by atoms with E-state index >= 15 is 0 Å². The molecule has 112 valence electrons. The maximum atomic E-state index is 11.4. The number of aryl methyl sites for hydroxylation is 2. The molecule has 0 aliphatic rings. The average molecular weight is 345 g/mol. The standard InChI is InChI=1S/C15H14Cl2O3S/c1-10-6-14(21(17,18)19)7-11(2)15(10)20-9-12-4-3-5-13(16)8-12/h3-8H,9H2,1-2H3. The van der Waals surface area contributed by atoms with E-state index < -0.39 is 9.05 Å². The van der Waals surface area contributed by atoms with Crippen molar-refractivity contribution in [2.75, 3.05) is 0 Å². The van der Waals surface area contributed by atoms with Crippen molar-refractivity contribution in [3.8, 4) is 5.75 Å². The number of hydrogen-bond acceptors (Lipinski definition) is 3. The Balaban J connectivity index is 2.25. The summed E-state index contributed by atoms with van der Waals surface area (Å²) in [6.45, 7) is 3.92. The second-order valence-electron chi connectivity index (χ2n) is 4.74. The molecule has 0 spiro atoms. The number of ether oxygens (including phenoxy) is 1.